The van der Waals surface area contributed by atoms with E-state index in [1.54, 1.807) is 7.11 Å². The normalized spacial score (nSPS) is 11.5. The van der Waals surface area contributed by atoms with E-state index in [9.17, 15) is 0 Å². The quantitative estimate of drug-likeness (QED) is 0.463. The lowest BCUT2D eigenvalue weighted by Gasteiger charge is -2.00. The van der Waals surface area contributed by atoms with Crippen molar-refractivity contribution in [2.24, 2.45) is 0 Å². The molecule has 21 heavy (non-hydrogen) atoms. The maximum Gasteiger partial charge on any atom is 0.161 e. The molecule has 0 atom stereocenters. The fourth-order valence-corrected chi connectivity index (χ4v) is 3.56. The van der Waals surface area contributed by atoms with E-state index >= 15 is 0 Å². The molecule has 0 unspecified atom stereocenters. The Balaban J connectivity index is 1.91. The molecule has 3 heteroatoms. The van der Waals surface area contributed by atoms with Gasteiger partial charge in [-0.25, -0.2) is 0 Å². The maximum atomic E-state index is 6.14. The molecule has 0 aliphatic rings. The Morgan fingerprint density at radius 3 is 2.52 bits per heavy atom. The summed E-state index contributed by atoms with van der Waals surface area (Å²) in [6.07, 6.45) is 0. The summed E-state index contributed by atoms with van der Waals surface area (Å²) < 4.78 is 11.3. The van der Waals surface area contributed by atoms with Gasteiger partial charge in [0.2, 0.25) is 0 Å². The molecule has 0 amide bonds. The molecular formula is C18H13O2P. The minimum absolute atomic E-state index is 0.858. The van der Waals surface area contributed by atoms with Gasteiger partial charge >= 0.3 is 0 Å². The number of benzene rings is 3. The van der Waals surface area contributed by atoms with Gasteiger partial charge in [0.05, 0.1) is 7.11 Å². The predicted molar refractivity (Wildman–Crippen MR) is 88.2 cm³/mol. The summed E-state index contributed by atoms with van der Waals surface area (Å²) in [4.78, 5) is 0. The number of hydrogen-bond donors (Lipinski definition) is 0. The molecular weight excluding hydrogens is 279 g/mol. The smallest absolute Gasteiger partial charge is 0.161 e. The van der Waals surface area contributed by atoms with Gasteiger partial charge in [-0.15, -0.1) is 0 Å². The second kappa shape index (κ2) is 4.91. The van der Waals surface area contributed by atoms with E-state index in [0.29, 0.717) is 0 Å². The van der Waals surface area contributed by atoms with Crippen molar-refractivity contribution in [3.63, 3.8) is 0 Å². The van der Waals surface area contributed by atoms with Crippen LogP contribution in [0, 0.1) is 0 Å². The van der Waals surface area contributed by atoms with Crippen LogP contribution in [0.5, 0.6) is 5.75 Å². The van der Waals surface area contributed by atoms with Gasteiger partial charge in [-0.3, -0.25) is 0 Å². The second-order valence-corrected chi connectivity index (χ2v) is 5.99. The highest BCUT2D eigenvalue weighted by molar-refractivity contribution is 7.40. The molecule has 3 aromatic carbocycles. The Hall–Kier alpha value is -2.31. The number of rotatable bonds is 2. The van der Waals surface area contributed by atoms with Crippen molar-refractivity contribution in [1.82, 2.24) is 0 Å². The molecule has 1 aromatic heterocycles. The van der Waals surface area contributed by atoms with Gasteiger partial charge in [0.25, 0.3) is 0 Å². The molecule has 0 radical (unpaired) electrons. The van der Waals surface area contributed by atoms with E-state index in [2.05, 4.69) is 30.3 Å². The molecule has 0 saturated heterocycles. The number of ether oxygens (including phenoxy) is 1. The van der Waals surface area contributed by atoms with E-state index in [1.807, 2.05) is 30.3 Å². The van der Waals surface area contributed by atoms with Crippen LogP contribution in [0.1, 0.15) is 0 Å². The fraction of sp³-hybridized carbons (Fsp3) is 0.0556. The predicted octanol–water partition coefficient (Wildman–Crippen LogP) is 5.84. The fourth-order valence-electron chi connectivity index (χ4n) is 2.51. The van der Waals surface area contributed by atoms with Crippen LogP contribution in [0.2, 0.25) is 0 Å². The average Bonchev–Trinajstić information content (AvgIpc) is 2.99. The minimum Gasteiger partial charge on any atom is -0.497 e. The molecule has 4 aromatic rings. The summed E-state index contributed by atoms with van der Waals surface area (Å²) in [6.45, 7) is 0. The highest BCUT2D eigenvalue weighted by atomic mass is 31.0. The zero-order valence-electron chi connectivity index (χ0n) is 11.5. The van der Waals surface area contributed by atoms with Crippen molar-refractivity contribution in [2.75, 3.05) is 7.11 Å². The Bertz CT molecular complexity index is 923. The lowest BCUT2D eigenvalue weighted by molar-refractivity contribution is 0.415. The SMILES string of the molecule is COc1ccc(-c2oc3c(ccc4ccccc43)p2)cc1. The highest BCUT2D eigenvalue weighted by Crippen LogP contribution is 2.40. The maximum absolute atomic E-state index is 6.14. The van der Waals surface area contributed by atoms with Crippen LogP contribution in [0.3, 0.4) is 0 Å². The van der Waals surface area contributed by atoms with Crippen molar-refractivity contribution in [2.45, 2.75) is 0 Å². The van der Waals surface area contributed by atoms with Gasteiger partial charge in [0, 0.05) is 16.1 Å². The highest BCUT2D eigenvalue weighted by Gasteiger charge is 2.10. The minimum atomic E-state index is 0.858. The summed E-state index contributed by atoms with van der Waals surface area (Å²) in [5.74, 6) is 0.858. The van der Waals surface area contributed by atoms with E-state index in [4.69, 9.17) is 9.15 Å². The van der Waals surface area contributed by atoms with Crippen LogP contribution in [0.4, 0.5) is 0 Å². The van der Waals surface area contributed by atoms with E-state index in [0.717, 1.165) is 30.6 Å². The summed E-state index contributed by atoms with van der Waals surface area (Å²) >= 11 is 0. The molecule has 0 fully saturated rings. The van der Waals surface area contributed by atoms with Crippen LogP contribution in [-0.2, 0) is 0 Å². The van der Waals surface area contributed by atoms with Gasteiger partial charge in [-0.05, 0) is 43.9 Å². The van der Waals surface area contributed by atoms with Crippen molar-refractivity contribution in [1.29, 1.82) is 0 Å². The van der Waals surface area contributed by atoms with Crippen LogP contribution in [-0.4, -0.2) is 7.11 Å². The van der Waals surface area contributed by atoms with Crippen molar-refractivity contribution in [3.05, 3.63) is 60.7 Å². The Labute approximate surface area is 124 Å². The second-order valence-electron chi connectivity index (χ2n) is 4.88. The van der Waals surface area contributed by atoms with Gasteiger partial charge in [0.15, 0.2) is 5.49 Å². The molecule has 0 spiro atoms. The van der Waals surface area contributed by atoms with E-state index in [1.165, 1.54) is 15.9 Å². The molecule has 0 aliphatic carbocycles. The monoisotopic (exact) mass is 292 g/mol. The largest absolute Gasteiger partial charge is 0.497 e. The van der Waals surface area contributed by atoms with Crippen LogP contribution in [0.15, 0.2) is 65.1 Å². The third-order valence-electron chi connectivity index (χ3n) is 3.62. The molecule has 0 aliphatic heterocycles. The van der Waals surface area contributed by atoms with Crippen molar-refractivity contribution in [3.8, 4) is 16.8 Å². The van der Waals surface area contributed by atoms with E-state index < -0.39 is 0 Å². The standard InChI is InChI=1S/C18H13O2P/c1-19-14-9-6-13(7-10-14)18-20-17-15-5-3-2-4-12(15)8-11-16(17)21-18/h2-11H,1H3. The first-order chi connectivity index (χ1) is 10.3. The summed E-state index contributed by atoms with van der Waals surface area (Å²) in [7, 11) is 2.79. The molecule has 4 rings (SSSR count). The molecule has 0 bridgehead atoms. The third-order valence-corrected chi connectivity index (χ3v) is 4.76. The number of methoxy groups -OCH3 is 1. The zero-order chi connectivity index (χ0) is 14.2. The molecule has 0 saturated carbocycles. The zero-order valence-corrected chi connectivity index (χ0v) is 12.4. The third kappa shape index (κ3) is 2.09. The number of hydrogen-bond acceptors (Lipinski definition) is 2. The van der Waals surface area contributed by atoms with Gasteiger partial charge in [-0.2, -0.15) is 0 Å². The molecule has 102 valence electrons. The summed E-state index contributed by atoms with van der Waals surface area (Å²) in [6, 6.07) is 20.6. The molecule has 0 N–H and O–H groups in total. The Morgan fingerprint density at radius 1 is 0.905 bits per heavy atom. The van der Waals surface area contributed by atoms with E-state index in [-0.39, 0.29) is 0 Å². The Kier molecular flexibility index (Phi) is 2.90. The summed E-state index contributed by atoms with van der Waals surface area (Å²) in [5, 5.41) is 3.60. The lowest BCUT2D eigenvalue weighted by atomic mass is 10.1. The first kappa shape index (κ1) is 12.4. The first-order valence-corrected chi connectivity index (χ1v) is 7.67. The van der Waals surface area contributed by atoms with Gasteiger partial charge in [0.1, 0.15) is 11.3 Å². The Morgan fingerprint density at radius 2 is 1.71 bits per heavy atom. The lowest BCUT2D eigenvalue weighted by Crippen LogP contribution is -1.80. The first-order valence-electron chi connectivity index (χ1n) is 6.78. The van der Waals surface area contributed by atoms with Crippen molar-refractivity contribution < 1.29 is 9.15 Å². The van der Waals surface area contributed by atoms with Crippen molar-refractivity contribution >= 4 is 29.7 Å². The van der Waals surface area contributed by atoms with Gasteiger partial charge < -0.3 is 9.15 Å². The molecule has 1 heterocycles. The molecule has 2 nitrogen and oxygen atoms in total. The average molecular weight is 292 g/mol. The van der Waals surface area contributed by atoms with Crippen LogP contribution < -0.4 is 4.74 Å². The number of fused-ring (bicyclic) bond motifs is 3. The summed E-state index contributed by atoms with van der Waals surface area (Å²) in [5.41, 5.74) is 3.06. The van der Waals surface area contributed by atoms with Crippen LogP contribution >= 0.6 is 8.19 Å². The van der Waals surface area contributed by atoms with Gasteiger partial charge in [-0.1, -0.05) is 30.3 Å². The van der Waals surface area contributed by atoms with Crippen LogP contribution in [0.25, 0.3) is 32.5 Å². The topological polar surface area (TPSA) is 22.4 Å².